The van der Waals surface area contributed by atoms with Crippen molar-refractivity contribution in [2.45, 2.75) is 26.7 Å². The largest absolute Gasteiger partial charge is 0.396 e. The van der Waals surface area contributed by atoms with E-state index in [0.29, 0.717) is 24.1 Å². The molecule has 1 aromatic rings. The third kappa shape index (κ3) is 5.27. The van der Waals surface area contributed by atoms with Crippen LogP contribution in [-0.2, 0) is 0 Å². The predicted octanol–water partition coefficient (Wildman–Crippen LogP) is 1.86. The Morgan fingerprint density at radius 1 is 1.44 bits per heavy atom. The summed E-state index contributed by atoms with van der Waals surface area (Å²) in [5.74, 6) is 0.735. The number of aromatic nitrogens is 1. The Kier molecular flexibility index (Phi) is 6.36. The number of carbonyl (C=O) groups is 1. The van der Waals surface area contributed by atoms with Gasteiger partial charge in [-0.15, -0.1) is 0 Å². The molecule has 2 N–H and O–H groups in total. The van der Waals surface area contributed by atoms with Crippen LogP contribution in [0.15, 0.2) is 24.4 Å². The van der Waals surface area contributed by atoms with Crippen LogP contribution in [-0.4, -0.2) is 29.1 Å². The van der Waals surface area contributed by atoms with Crippen LogP contribution in [0.5, 0.6) is 0 Å². The van der Waals surface area contributed by atoms with Crippen LogP contribution in [0.1, 0.15) is 37.2 Å². The van der Waals surface area contributed by atoms with Crippen molar-refractivity contribution in [1.82, 2.24) is 10.3 Å². The first kappa shape index (κ1) is 14.6. The summed E-state index contributed by atoms with van der Waals surface area (Å²) in [5.41, 5.74) is 0.435. The van der Waals surface area contributed by atoms with Gasteiger partial charge in [-0.05, 0) is 36.8 Å². The average molecular weight is 250 g/mol. The molecule has 100 valence electrons. The summed E-state index contributed by atoms with van der Waals surface area (Å²) in [6, 6.07) is 5.27. The lowest BCUT2D eigenvalue weighted by Gasteiger charge is -2.18. The highest BCUT2D eigenvalue weighted by molar-refractivity contribution is 5.92. The first-order valence-electron chi connectivity index (χ1n) is 6.43. The second kappa shape index (κ2) is 7.82. The van der Waals surface area contributed by atoms with Gasteiger partial charge in [0.1, 0.15) is 5.69 Å². The van der Waals surface area contributed by atoms with E-state index in [-0.39, 0.29) is 12.5 Å². The number of aliphatic hydroxyl groups excluding tert-OH is 1. The Morgan fingerprint density at radius 3 is 2.78 bits per heavy atom. The summed E-state index contributed by atoms with van der Waals surface area (Å²) in [7, 11) is 0. The molecular formula is C14H22N2O2. The molecule has 0 aliphatic heterocycles. The van der Waals surface area contributed by atoms with Crippen LogP contribution >= 0.6 is 0 Å². The van der Waals surface area contributed by atoms with Gasteiger partial charge in [0.2, 0.25) is 0 Å². The maximum Gasteiger partial charge on any atom is 0.269 e. The minimum absolute atomic E-state index is 0.151. The molecule has 0 aliphatic carbocycles. The van der Waals surface area contributed by atoms with Gasteiger partial charge in [-0.2, -0.15) is 0 Å². The number of nitrogens with one attached hydrogen (secondary N) is 1. The predicted molar refractivity (Wildman–Crippen MR) is 71.2 cm³/mol. The summed E-state index contributed by atoms with van der Waals surface area (Å²) < 4.78 is 0. The van der Waals surface area contributed by atoms with Crippen LogP contribution in [0.25, 0.3) is 0 Å². The number of amides is 1. The molecular weight excluding hydrogens is 228 g/mol. The van der Waals surface area contributed by atoms with E-state index in [1.54, 1.807) is 24.4 Å². The Morgan fingerprint density at radius 2 is 2.22 bits per heavy atom. The van der Waals surface area contributed by atoms with Crippen molar-refractivity contribution in [3.8, 4) is 0 Å². The number of rotatable bonds is 7. The van der Waals surface area contributed by atoms with E-state index in [1.165, 1.54) is 0 Å². The molecule has 4 heteroatoms. The molecule has 18 heavy (non-hydrogen) atoms. The van der Waals surface area contributed by atoms with Gasteiger partial charge < -0.3 is 10.4 Å². The molecule has 1 aromatic heterocycles. The van der Waals surface area contributed by atoms with Crippen LogP contribution in [0.3, 0.4) is 0 Å². The fourth-order valence-electron chi connectivity index (χ4n) is 1.98. The van der Waals surface area contributed by atoms with Crippen molar-refractivity contribution >= 4 is 5.91 Å². The molecule has 0 saturated carbocycles. The van der Waals surface area contributed by atoms with Gasteiger partial charge in [0.25, 0.3) is 5.91 Å². The SMILES string of the molecule is CC(C)CC(CCO)CNC(=O)c1ccccn1. The van der Waals surface area contributed by atoms with E-state index in [9.17, 15) is 4.79 Å². The first-order valence-corrected chi connectivity index (χ1v) is 6.43. The Labute approximate surface area is 108 Å². The van der Waals surface area contributed by atoms with E-state index < -0.39 is 0 Å². The van der Waals surface area contributed by atoms with Crippen molar-refractivity contribution in [3.05, 3.63) is 30.1 Å². The first-order chi connectivity index (χ1) is 8.63. The lowest BCUT2D eigenvalue weighted by atomic mass is 9.94. The van der Waals surface area contributed by atoms with Crippen molar-refractivity contribution in [3.63, 3.8) is 0 Å². The van der Waals surface area contributed by atoms with E-state index >= 15 is 0 Å². The zero-order chi connectivity index (χ0) is 13.4. The van der Waals surface area contributed by atoms with E-state index in [2.05, 4.69) is 24.1 Å². The van der Waals surface area contributed by atoms with Gasteiger partial charge in [-0.3, -0.25) is 9.78 Å². The highest BCUT2D eigenvalue weighted by Gasteiger charge is 2.13. The highest BCUT2D eigenvalue weighted by Crippen LogP contribution is 2.14. The van der Waals surface area contributed by atoms with Crippen LogP contribution in [0.2, 0.25) is 0 Å². The van der Waals surface area contributed by atoms with Gasteiger partial charge >= 0.3 is 0 Å². The lowest BCUT2D eigenvalue weighted by Crippen LogP contribution is -2.30. The van der Waals surface area contributed by atoms with Gasteiger partial charge in [-0.1, -0.05) is 19.9 Å². The Balaban J connectivity index is 2.44. The molecule has 4 nitrogen and oxygen atoms in total. The minimum Gasteiger partial charge on any atom is -0.396 e. The summed E-state index contributed by atoms with van der Waals surface area (Å²) in [6.45, 7) is 5.04. The van der Waals surface area contributed by atoms with Crippen molar-refractivity contribution in [1.29, 1.82) is 0 Å². The molecule has 0 fully saturated rings. The molecule has 0 saturated heterocycles. The quantitative estimate of drug-likeness (QED) is 0.776. The average Bonchev–Trinajstić information content (AvgIpc) is 2.36. The maximum atomic E-state index is 11.8. The van der Waals surface area contributed by atoms with E-state index in [1.807, 2.05) is 0 Å². The molecule has 0 spiro atoms. The highest BCUT2D eigenvalue weighted by atomic mass is 16.3. The fraction of sp³-hybridized carbons (Fsp3) is 0.571. The second-order valence-corrected chi connectivity index (χ2v) is 4.93. The maximum absolute atomic E-state index is 11.8. The minimum atomic E-state index is -0.151. The molecule has 0 radical (unpaired) electrons. The van der Waals surface area contributed by atoms with Crippen LogP contribution in [0.4, 0.5) is 0 Å². The molecule has 1 rings (SSSR count). The van der Waals surface area contributed by atoms with Crippen molar-refractivity contribution in [2.24, 2.45) is 11.8 Å². The van der Waals surface area contributed by atoms with E-state index in [0.717, 1.165) is 12.8 Å². The van der Waals surface area contributed by atoms with Crippen LogP contribution in [0, 0.1) is 11.8 Å². The summed E-state index contributed by atoms with van der Waals surface area (Å²) in [6.07, 6.45) is 3.33. The molecule has 1 unspecified atom stereocenters. The molecule has 1 atom stereocenters. The zero-order valence-electron chi connectivity index (χ0n) is 11.1. The topological polar surface area (TPSA) is 62.2 Å². The van der Waals surface area contributed by atoms with Gasteiger partial charge in [0.05, 0.1) is 0 Å². The van der Waals surface area contributed by atoms with E-state index in [4.69, 9.17) is 5.11 Å². The summed E-state index contributed by atoms with van der Waals surface area (Å²) in [5, 5.41) is 11.9. The van der Waals surface area contributed by atoms with Crippen LogP contribution < -0.4 is 5.32 Å². The number of hydrogen-bond donors (Lipinski definition) is 2. The molecule has 1 heterocycles. The number of pyridine rings is 1. The van der Waals surface area contributed by atoms with Gasteiger partial charge in [-0.25, -0.2) is 0 Å². The normalized spacial score (nSPS) is 12.4. The number of nitrogens with zero attached hydrogens (tertiary/aromatic N) is 1. The smallest absolute Gasteiger partial charge is 0.269 e. The standard InChI is InChI=1S/C14H22N2O2/c1-11(2)9-12(6-8-17)10-16-14(18)13-5-3-4-7-15-13/h3-5,7,11-12,17H,6,8-10H2,1-2H3,(H,16,18). The molecule has 1 amide bonds. The second-order valence-electron chi connectivity index (χ2n) is 4.93. The number of hydrogen-bond acceptors (Lipinski definition) is 3. The third-order valence-electron chi connectivity index (χ3n) is 2.79. The zero-order valence-corrected chi connectivity index (χ0v) is 11.1. The summed E-state index contributed by atoms with van der Waals surface area (Å²) >= 11 is 0. The summed E-state index contributed by atoms with van der Waals surface area (Å²) in [4.78, 5) is 15.8. The fourth-order valence-corrected chi connectivity index (χ4v) is 1.98. The monoisotopic (exact) mass is 250 g/mol. The Bertz CT molecular complexity index is 352. The molecule has 0 aromatic carbocycles. The van der Waals surface area contributed by atoms with Crippen molar-refractivity contribution < 1.29 is 9.90 Å². The van der Waals surface area contributed by atoms with Crippen molar-refractivity contribution in [2.75, 3.05) is 13.2 Å². The number of aliphatic hydroxyl groups is 1. The van der Waals surface area contributed by atoms with Gasteiger partial charge in [0, 0.05) is 19.3 Å². The third-order valence-corrected chi connectivity index (χ3v) is 2.79. The molecule has 0 aliphatic rings. The Hall–Kier alpha value is -1.42. The lowest BCUT2D eigenvalue weighted by molar-refractivity contribution is 0.0936. The molecule has 0 bridgehead atoms. The van der Waals surface area contributed by atoms with Gasteiger partial charge in [0.15, 0.2) is 0 Å². The number of carbonyl (C=O) groups excluding carboxylic acids is 1.